The normalized spacial score (nSPS) is 29.5. The van der Waals surface area contributed by atoms with E-state index in [0.717, 1.165) is 18.7 Å². The molecule has 10 heteroatoms. The van der Waals surface area contributed by atoms with E-state index >= 15 is 4.39 Å². The second-order valence-electron chi connectivity index (χ2n) is 8.01. The van der Waals surface area contributed by atoms with Crippen LogP contribution >= 0.6 is 11.8 Å². The molecule has 0 aliphatic carbocycles. The zero-order valence-corrected chi connectivity index (χ0v) is 17.5. The summed E-state index contributed by atoms with van der Waals surface area (Å²) in [5, 5.41) is 3.06. The third kappa shape index (κ3) is 3.30. The molecular weight excluding hydrogens is 413 g/mol. The van der Waals surface area contributed by atoms with Crippen LogP contribution in [0.2, 0.25) is 0 Å². The first-order valence-electron chi connectivity index (χ1n) is 10.2. The number of nitrogens with one attached hydrogen (secondary N) is 1. The van der Waals surface area contributed by atoms with Crippen molar-refractivity contribution in [1.29, 1.82) is 0 Å². The smallest absolute Gasteiger partial charge is 0.415 e. The van der Waals surface area contributed by atoms with Gasteiger partial charge in [-0.15, -0.1) is 0 Å². The van der Waals surface area contributed by atoms with Gasteiger partial charge in [0.05, 0.1) is 25.0 Å². The van der Waals surface area contributed by atoms with Crippen molar-refractivity contribution in [3.63, 3.8) is 0 Å². The van der Waals surface area contributed by atoms with Gasteiger partial charge in [-0.05, 0) is 12.8 Å². The van der Waals surface area contributed by atoms with E-state index in [1.54, 1.807) is 6.07 Å². The molecule has 0 saturated carbocycles. The Hall–Kier alpha value is -2.36. The number of hydrogen-bond donors (Lipinski definition) is 1. The van der Waals surface area contributed by atoms with Crippen LogP contribution in [0.25, 0.3) is 0 Å². The second-order valence-corrected chi connectivity index (χ2v) is 9.34. The second kappa shape index (κ2) is 7.72. The molecule has 2 unspecified atom stereocenters. The van der Waals surface area contributed by atoms with Crippen LogP contribution in [-0.4, -0.2) is 68.2 Å². The Morgan fingerprint density at radius 3 is 3.07 bits per heavy atom. The van der Waals surface area contributed by atoms with Crippen molar-refractivity contribution in [2.24, 2.45) is 0 Å². The molecule has 4 atom stereocenters. The van der Waals surface area contributed by atoms with Crippen LogP contribution in [0.5, 0.6) is 5.75 Å². The Balaban J connectivity index is 1.40. The van der Waals surface area contributed by atoms with Gasteiger partial charge in [-0.2, -0.15) is 11.8 Å². The standard InChI is InChI=1S/C20H24FN3O5S/c1-27-19(25)22-7-18-16-9-28-17-6-14(13(21)5-15(17)24(16)20(26)29-18)23-8-12-4-2-3-11(23)10-30-12/h5-6,11-12,16,18H,2-4,7-10H2,1H3,(H,22,25)/t11?,12?,16-,18-/m0/s1. The Labute approximate surface area is 178 Å². The number of cyclic esters (lactones) is 1. The molecule has 8 nitrogen and oxygen atoms in total. The number of amides is 2. The van der Waals surface area contributed by atoms with E-state index in [1.807, 2.05) is 11.8 Å². The molecule has 5 aliphatic heterocycles. The number of benzene rings is 1. The van der Waals surface area contributed by atoms with E-state index in [1.165, 1.54) is 30.9 Å². The number of anilines is 2. The Morgan fingerprint density at radius 2 is 2.23 bits per heavy atom. The quantitative estimate of drug-likeness (QED) is 0.779. The maximum absolute atomic E-state index is 15.2. The highest BCUT2D eigenvalue weighted by Gasteiger charge is 2.47. The van der Waals surface area contributed by atoms with Gasteiger partial charge >= 0.3 is 12.2 Å². The molecule has 4 saturated heterocycles. The van der Waals surface area contributed by atoms with Gasteiger partial charge in [-0.1, -0.05) is 6.42 Å². The molecule has 4 fully saturated rings. The van der Waals surface area contributed by atoms with E-state index in [4.69, 9.17) is 9.47 Å². The van der Waals surface area contributed by atoms with Crippen LogP contribution in [0.1, 0.15) is 19.3 Å². The summed E-state index contributed by atoms with van der Waals surface area (Å²) >= 11 is 1.98. The number of alkyl carbamates (subject to hydrolysis) is 1. The van der Waals surface area contributed by atoms with Crippen LogP contribution in [0.15, 0.2) is 12.1 Å². The summed E-state index contributed by atoms with van der Waals surface area (Å²) in [4.78, 5) is 27.5. The lowest BCUT2D eigenvalue weighted by Crippen LogP contribution is -2.48. The first-order valence-corrected chi connectivity index (χ1v) is 11.3. The maximum atomic E-state index is 15.2. The van der Waals surface area contributed by atoms with Crippen molar-refractivity contribution < 1.29 is 28.2 Å². The largest absolute Gasteiger partial charge is 0.489 e. The number of carbonyl (C=O) groups is 2. The minimum absolute atomic E-state index is 0.0906. The van der Waals surface area contributed by atoms with Gasteiger partial charge in [-0.25, -0.2) is 14.0 Å². The lowest BCUT2D eigenvalue weighted by atomic mass is 10.1. The topological polar surface area (TPSA) is 80.3 Å². The monoisotopic (exact) mass is 437 g/mol. The molecule has 1 aromatic rings. The van der Waals surface area contributed by atoms with E-state index in [9.17, 15) is 9.59 Å². The highest BCUT2D eigenvalue weighted by molar-refractivity contribution is 8.00. The van der Waals surface area contributed by atoms with Crippen LogP contribution < -0.4 is 19.9 Å². The number of methoxy groups -OCH3 is 1. The molecule has 0 spiro atoms. The van der Waals surface area contributed by atoms with Crippen molar-refractivity contribution in [1.82, 2.24) is 5.32 Å². The third-order valence-corrected chi connectivity index (χ3v) is 7.71. The number of thioether (sulfide) groups is 1. The summed E-state index contributed by atoms with van der Waals surface area (Å²) in [6.07, 6.45) is 1.62. The van der Waals surface area contributed by atoms with Crippen LogP contribution in [0.4, 0.5) is 25.4 Å². The Bertz CT molecular complexity index is 867. The highest BCUT2D eigenvalue weighted by atomic mass is 32.2. The van der Waals surface area contributed by atoms with Crippen molar-refractivity contribution in [3.05, 3.63) is 17.9 Å². The SMILES string of the molecule is COC(=O)NC[C@@H]1OC(=O)N2c3cc(F)c(N4CC5CCCC4CS5)cc3OC[C@@H]12. The van der Waals surface area contributed by atoms with E-state index in [0.29, 0.717) is 28.4 Å². The predicted octanol–water partition coefficient (Wildman–Crippen LogP) is 2.74. The molecule has 2 bridgehead atoms. The minimum atomic E-state index is -0.609. The van der Waals surface area contributed by atoms with E-state index in [2.05, 4.69) is 15.0 Å². The lowest BCUT2D eigenvalue weighted by molar-refractivity contribution is 0.115. The van der Waals surface area contributed by atoms with Gasteiger partial charge in [0, 0.05) is 35.7 Å². The molecular formula is C20H24FN3O5S. The average Bonchev–Trinajstić information content (AvgIpc) is 2.91. The summed E-state index contributed by atoms with van der Waals surface area (Å²) in [7, 11) is 1.26. The maximum Gasteiger partial charge on any atom is 0.415 e. The summed E-state index contributed by atoms with van der Waals surface area (Å²) in [5.74, 6) is 1.13. The predicted molar refractivity (Wildman–Crippen MR) is 110 cm³/mol. The van der Waals surface area contributed by atoms with E-state index in [-0.39, 0.29) is 19.0 Å². The van der Waals surface area contributed by atoms with Crippen LogP contribution in [0, 0.1) is 5.82 Å². The molecule has 5 heterocycles. The van der Waals surface area contributed by atoms with Crippen molar-refractivity contribution in [3.8, 4) is 5.75 Å². The third-order valence-electron chi connectivity index (χ3n) is 6.28. The molecule has 30 heavy (non-hydrogen) atoms. The Morgan fingerprint density at radius 1 is 1.37 bits per heavy atom. The molecule has 0 radical (unpaired) electrons. The van der Waals surface area contributed by atoms with Gasteiger partial charge in [0.2, 0.25) is 0 Å². The number of rotatable bonds is 3. The molecule has 2 amide bonds. The number of nitrogens with zero attached hydrogens (tertiary/aromatic N) is 2. The van der Waals surface area contributed by atoms with Crippen molar-refractivity contribution in [2.75, 3.05) is 42.4 Å². The highest BCUT2D eigenvalue weighted by Crippen LogP contribution is 2.44. The van der Waals surface area contributed by atoms with Gasteiger partial charge in [-0.3, -0.25) is 4.90 Å². The zero-order chi connectivity index (χ0) is 20.8. The van der Waals surface area contributed by atoms with Crippen LogP contribution in [-0.2, 0) is 9.47 Å². The summed E-state index contributed by atoms with van der Waals surface area (Å²) in [5.41, 5.74) is 0.910. The molecule has 1 N–H and O–H groups in total. The molecule has 6 rings (SSSR count). The number of fused-ring (bicyclic) bond motifs is 7. The molecule has 5 aliphatic rings. The fourth-order valence-corrected chi connectivity index (χ4v) is 6.18. The number of carbonyl (C=O) groups excluding carboxylic acids is 2. The minimum Gasteiger partial charge on any atom is -0.489 e. The first-order chi connectivity index (χ1) is 14.5. The zero-order valence-electron chi connectivity index (χ0n) is 16.6. The molecule has 1 aromatic carbocycles. The summed E-state index contributed by atoms with van der Waals surface area (Å²) in [6, 6.07) is 2.97. The Kier molecular flexibility index (Phi) is 5.04. The van der Waals surface area contributed by atoms with Crippen LogP contribution in [0.3, 0.4) is 0 Å². The fraction of sp³-hybridized carbons (Fsp3) is 0.600. The van der Waals surface area contributed by atoms with Gasteiger partial charge in [0.15, 0.2) is 0 Å². The van der Waals surface area contributed by atoms with Gasteiger partial charge < -0.3 is 24.4 Å². The summed E-state index contributed by atoms with van der Waals surface area (Å²) < 4.78 is 31.1. The summed E-state index contributed by atoms with van der Waals surface area (Å²) in [6.45, 7) is 1.13. The van der Waals surface area contributed by atoms with Crippen molar-refractivity contribution in [2.45, 2.75) is 42.7 Å². The number of ether oxygens (including phenoxy) is 3. The lowest BCUT2D eigenvalue weighted by Gasteiger charge is -2.39. The van der Waals surface area contributed by atoms with E-state index < -0.39 is 24.3 Å². The van der Waals surface area contributed by atoms with Gasteiger partial charge in [0.1, 0.15) is 30.3 Å². The number of halogens is 1. The molecule has 0 aromatic heterocycles. The van der Waals surface area contributed by atoms with Crippen molar-refractivity contribution >= 4 is 35.3 Å². The molecule has 162 valence electrons. The fourth-order valence-electron chi connectivity index (χ4n) is 4.74. The number of hydrogen-bond acceptors (Lipinski definition) is 7. The van der Waals surface area contributed by atoms with Gasteiger partial charge in [0.25, 0.3) is 0 Å². The average molecular weight is 437 g/mol. The first kappa shape index (κ1) is 19.6.